The van der Waals surface area contributed by atoms with E-state index < -0.39 is 4.92 Å². The van der Waals surface area contributed by atoms with E-state index in [0.29, 0.717) is 5.69 Å². The van der Waals surface area contributed by atoms with Gasteiger partial charge in [-0.25, -0.2) is 0 Å². The molecule has 0 amide bonds. The maximum absolute atomic E-state index is 11.8. The Balaban J connectivity index is 1.74. The van der Waals surface area contributed by atoms with E-state index in [-0.39, 0.29) is 17.0 Å². The lowest BCUT2D eigenvalue weighted by molar-refractivity contribution is -0.385. The van der Waals surface area contributed by atoms with Crippen LogP contribution in [-0.2, 0) is 0 Å². The zero-order valence-electron chi connectivity index (χ0n) is 13.9. The molecule has 0 radical (unpaired) electrons. The molecule has 6 nitrogen and oxygen atoms in total. The smallest absolute Gasteiger partial charge is 0.270 e. The first-order valence-corrected chi connectivity index (χ1v) is 8.48. The summed E-state index contributed by atoms with van der Waals surface area (Å²) in [4.78, 5) is 16.9. The number of nitro groups is 1. The predicted molar refractivity (Wildman–Crippen MR) is 96.9 cm³/mol. The quantitative estimate of drug-likeness (QED) is 0.482. The van der Waals surface area contributed by atoms with Gasteiger partial charge in [-0.05, 0) is 42.7 Å². The highest BCUT2D eigenvalue weighted by Gasteiger charge is 2.09. The van der Waals surface area contributed by atoms with Gasteiger partial charge in [0.05, 0.1) is 10.6 Å². The Bertz CT molecular complexity index is 764. The first-order chi connectivity index (χ1) is 12.1. The van der Waals surface area contributed by atoms with Crippen LogP contribution in [0.4, 0.5) is 17.1 Å². The molecule has 25 heavy (non-hydrogen) atoms. The highest BCUT2D eigenvalue weighted by atomic mass is 16.6. The third kappa shape index (κ3) is 4.35. The van der Waals surface area contributed by atoms with Crippen LogP contribution in [-0.4, -0.2) is 24.2 Å². The van der Waals surface area contributed by atoms with Gasteiger partial charge in [0.15, 0.2) is 0 Å². The van der Waals surface area contributed by atoms with Gasteiger partial charge >= 0.3 is 0 Å². The molecule has 2 aromatic rings. The van der Waals surface area contributed by atoms with Crippen LogP contribution in [0.3, 0.4) is 0 Å². The molecule has 3 rings (SSSR count). The molecule has 1 fully saturated rings. The Morgan fingerprint density at radius 3 is 2.32 bits per heavy atom. The summed E-state index contributed by atoms with van der Waals surface area (Å²) in [5.74, 6) is -0.282. The molecule has 2 aromatic carbocycles. The Labute approximate surface area is 146 Å². The van der Waals surface area contributed by atoms with Gasteiger partial charge in [-0.3, -0.25) is 15.1 Å². The molecule has 0 unspecified atom stereocenters. The van der Waals surface area contributed by atoms with Crippen molar-refractivity contribution in [2.24, 2.45) is 4.99 Å². The van der Waals surface area contributed by atoms with Crippen LogP contribution < -0.4 is 10.0 Å². The van der Waals surface area contributed by atoms with Crippen molar-refractivity contribution in [2.75, 3.05) is 18.0 Å². The number of non-ortho nitro benzene ring substituents is 1. The van der Waals surface area contributed by atoms with Crippen LogP contribution in [0.2, 0.25) is 0 Å². The SMILES string of the molecule is O=[N+]([O-])c1ccc([O-])c(C=Nc2ccc(N3CCCCCC3)cc2)c1. The van der Waals surface area contributed by atoms with E-state index in [9.17, 15) is 15.2 Å². The third-order valence-corrected chi connectivity index (χ3v) is 4.38. The van der Waals surface area contributed by atoms with Gasteiger partial charge < -0.3 is 10.0 Å². The minimum absolute atomic E-state index is 0.113. The highest BCUT2D eigenvalue weighted by molar-refractivity contribution is 5.86. The Morgan fingerprint density at radius 2 is 1.68 bits per heavy atom. The van der Waals surface area contributed by atoms with Crippen molar-refractivity contribution >= 4 is 23.3 Å². The topological polar surface area (TPSA) is 81.8 Å². The van der Waals surface area contributed by atoms with E-state index in [2.05, 4.69) is 9.89 Å². The molecule has 0 aliphatic carbocycles. The van der Waals surface area contributed by atoms with Gasteiger partial charge in [-0.15, -0.1) is 0 Å². The number of anilines is 1. The first kappa shape index (κ1) is 17.0. The molecule has 1 aliphatic heterocycles. The lowest BCUT2D eigenvalue weighted by Crippen LogP contribution is -2.23. The summed E-state index contributed by atoms with van der Waals surface area (Å²) in [6.07, 6.45) is 6.41. The molecule has 130 valence electrons. The fourth-order valence-corrected chi connectivity index (χ4v) is 2.97. The lowest BCUT2D eigenvalue weighted by Gasteiger charge is -2.22. The summed E-state index contributed by atoms with van der Waals surface area (Å²) in [6, 6.07) is 11.5. The third-order valence-electron chi connectivity index (χ3n) is 4.38. The van der Waals surface area contributed by atoms with E-state index in [4.69, 9.17) is 0 Å². The monoisotopic (exact) mass is 338 g/mol. The maximum atomic E-state index is 11.8. The summed E-state index contributed by atoms with van der Waals surface area (Å²) in [5.41, 5.74) is 1.99. The van der Waals surface area contributed by atoms with E-state index in [1.165, 1.54) is 55.8 Å². The number of hydrogen-bond donors (Lipinski definition) is 0. The van der Waals surface area contributed by atoms with Crippen molar-refractivity contribution in [3.05, 3.63) is 58.1 Å². The minimum atomic E-state index is -0.521. The molecular weight excluding hydrogens is 318 g/mol. The molecule has 1 aliphatic rings. The molecule has 0 aromatic heterocycles. The highest BCUT2D eigenvalue weighted by Crippen LogP contribution is 2.24. The van der Waals surface area contributed by atoms with Crippen molar-refractivity contribution in [1.82, 2.24) is 0 Å². The van der Waals surface area contributed by atoms with Crippen molar-refractivity contribution in [3.63, 3.8) is 0 Å². The predicted octanol–water partition coefficient (Wildman–Crippen LogP) is 3.80. The van der Waals surface area contributed by atoms with Gasteiger partial charge in [-0.2, -0.15) is 0 Å². The van der Waals surface area contributed by atoms with E-state index >= 15 is 0 Å². The van der Waals surface area contributed by atoms with Crippen molar-refractivity contribution in [3.8, 4) is 5.75 Å². The van der Waals surface area contributed by atoms with Crippen molar-refractivity contribution < 1.29 is 10.0 Å². The van der Waals surface area contributed by atoms with Crippen LogP contribution in [0.25, 0.3) is 0 Å². The van der Waals surface area contributed by atoms with Crippen LogP contribution >= 0.6 is 0 Å². The minimum Gasteiger partial charge on any atom is -0.872 e. The number of hydrogen-bond acceptors (Lipinski definition) is 5. The Kier molecular flexibility index (Phi) is 5.28. The molecule has 6 heteroatoms. The standard InChI is InChI=1S/C19H21N3O3/c23-19-10-9-18(22(24)25)13-15(19)14-20-16-5-7-17(8-6-16)21-11-3-1-2-4-12-21/h5-10,13-14,23H,1-4,11-12H2/p-1. The van der Waals surface area contributed by atoms with Gasteiger partial charge in [0, 0.05) is 37.1 Å². The second-order valence-corrected chi connectivity index (χ2v) is 6.16. The number of aliphatic imine (C=N–C) groups is 1. The van der Waals surface area contributed by atoms with Gasteiger partial charge in [0.25, 0.3) is 5.69 Å². The Morgan fingerprint density at radius 1 is 1.00 bits per heavy atom. The summed E-state index contributed by atoms with van der Waals surface area (Å²) in [6.45, 7) is 2.16. The normalized spacial score (nSPS) is 15.3. The lowest BCUT2D eigenvalue weighted by atomic mass is 10.2. The summed E-state index contributed by atoms with van der Waals surface area (Å²) in [7, 11) is 0. The van der Waals surface area contributed by atoms with Crippen molar-refractivity contribution in [1.29, 1.82) is 0 Å². The van der Waals surface area contributed by atoms with Crippen LogP contribution in [0.5, 0.6) is 5.75 Å². The number of nitro benzene ring substituents is 1. The van der Waals surface area contributed by atoms with Crippen molar-refractivity contribution in [2.45, 2.75) is 25.7 Å². The van der Waals surface area contributed by atoms with Gasteiger partial charge in [-0.1, -0.05) is 24.7 Å². The van der Waals surface area contributed by atoms with Crippen LogP contribution in [0.1, 0.15) is 31.2 Å². The van der Waals surface area contributed by atoms with Crippen LogP contribution in [0, 0.1) is 10.1 Å². The fourth-order valence-electron chi connectivity index (χ4n) is 2.97. The van der Waals surface area contributed by atoms with Gasteiger partial charge in [0.2, 0.25) is 0 Å². The second kappa shape index (κ2) is 7.79. The van der Waals surface area contributed by atoms with E-state index in [1.807, 2.05) is 24.3 Å². The molecular formula is C19H20N3O3-. The molecule has 0 N–H and O–H groups in total. The summed E-state index contributed by atoms with van der Waals surface area (Å²) < 4.78 is 0. The van der Waals surface area contributed by atoms with Gasteiger partial charge in [0.1, 0.15) is 0 Å². The maximum Gasteiger partial charge on any atom is 0.270 e. The molecule has 0 saturated carbocycles. The van der Waals surface area contributed by atoms with Crippen LogP contribution in [0.15, 0.2) is 47.5 Å². The average Bonchev–Trinajstić information content (AvgIpc) is 2.91. The number of nitrogens with zero attached hydrogens (tertiary/aromatic N) is 3. The summed E-state index contributed by atoms with van der Waals surface area (Å²) >= 11 is 0. The number of rotatable bonds is 4. The zero-order chi connectivity index (χ0) is 17.6. The molecule has 0 bridgehead atoms. The Hall–Kier alpha value is -2.89. The van der Waals surface area contributed by atoms with E-state index in [0.717, 1.165) is 13.1 Å². The average molecular weight is 338 g/mol. The fraction of sp³-hybridized carbons (Fsp3) is 0.316. The summed E-state index contributed by atoms with van der Waals surface area (Å²) in [5, 5.41) is 22.6. The molecule has 1 saturated heterocycles. The number of benzene rings is 2. The molecule has 0 spiro atoms. The zero-order valence-corrected chi connectivity index (χ0v) is 13.9. The second-order valence-electron chi connectivity index (χ2n) is 6.16. The first-order valence-electron chi connectivity index (χ1n) is 8.48. The largest absolute Gasteiger partial charge is 0.872 e. The molecule has 0 atom stereocenters. The molecule has 1 heterocycles. The van der Waals surface area contributed by atoms with E-state index in [1.54, 1.807) is 0 Å².